The summed E-state index contributed by atoms with van der Waals surface area (Å²) >= 11 is 0. The van der Waals surface area contributed by atoms with Crippen molar-refractivity contribution in [3.63, 3.8) is 0 Å². The first-order valence-corrected chi connectivity index (χ1v) is 9.77. The van der Waals surface area contributed by atoms with E-state index in [-0.39, 0.29) is 23.7 Å². The minimum absolute atomic E-state index is 0.131. The van der Waals surface area contributed by atoms with Gasteiger partial charge in [0.25, 0.3) is 0 Å². The van der Waals surface area contributed by atoms with Gasteiger partial charge < -0.3 is 0 Å². The number of benzene rings is 3. The molecule has 4 aliphatic rings. The lowest BCUT2D eigenvalue weighted by Crippen LogP contribution is -2.41. The molecule has 3 aliphatic carbocycles. The van der Waals surface area contributed by atoms with Gasteiger partial charge in [-0.05, 0) is 34.4 Å². The van der Waals surface area contributed by atoms with Crippen molar-refractivity contribution >= 4 is 17.5 Å². The van der Waals surface area contributed by atoms with Gasteiger partial charge in [0.1, 0.15) is 6.07 Å². The summed E-state index contributed by atoms with van der Waals surface area (Å²) in [5, 5.41) is 9.51. The second kappa shape index (κ2) is 5.65. The quantitative estimate of drug-likeness (QED) is 0.604. The molecule has 3 aromatic rings. The number of carbonyl (C=O) groups excluding carboxylic acids is 2. The maximum absolute atomic E-state index is 13.6. The zero-order valence-corrected chi connectivity index (χ0v) is 15.4. The molecule has 29 heavy (non-hydrogen) atoms. The average molecular weight is 376 g/mol. The van der Waals surface area contributed by atoms with Crippen LogP contribution in [0.25, 0.3) is 0 Å². The number of imide groups is 1. The summed E-state index contributed by atoms with van der Waals surface area (Å²) in [4.78, 5) is 28.5. The first kappa shape index (κ1) is 16.3. The topological polar surface area (TPSA) is 61.2 Å². The van der Waals surface area contributed by atoms with Crippen molar-refractivity contribution in [1.29, 1.82) is 5.26 Å². The van der Waals surface area contributed by atoms with Crippen LogP contribution in [-0.2, 0) is 9.59 Å². The number of amides is 2. The molecule has 1 heterocycles. The third-order valence-corrected chi connectivity index (χ3v) is 6.71. The van der Waals surface area contributed by atoms with Crippen LogP contribution in [0.5, 0.6) is 0 Å². The first-order valence-electron chi connectivity index (χ1n) is 9.77. The zero-order chi connectivity index (χ0) is 19.7. The predicted molar refractivity (Wildman–Crippen MR) is 107 cm³/mol. The molecule has 1 saturated heterocycles. The number of para-hydroxylation sites is 1. The van der Waals surface area contributed by atoms with E-state index in [9.17, 15) is 14.9 Å². The van der Waals surface area contributed by atoms with Crippen LogP contribution in [0.2, 0.25) is 0 Å². The molecule has 0 saturated carbocycles. The summed E-state index contributed by atoms with van der Waals surface area (Å²) in [6.07, 6.45) is 0. The van der Waals surface area contributed by atoms with E-state index in [0.29, 0.717) is 11.3 Å². The Morgan fingerprint density at radius 1 is 0.655 bits per heavy atom. The van der Waals surface area contributed by atoms with Gasteiger partial charge in [-0.25, -0.2) is 4.90 Å². The highest BCUT2D eigenvalue weighted by Gasteiger charge is 2.61. The van der Waals surface area contributed by atoms with E-state index in [1.165, 1.54) is 4.90 Å². The van der Waals surface area contributed by atoms with Crippen molar-refractivity contribution in [3.8, 4) is 6.07 Å². The zero-order valence-electron chi connectivity index (χ0n) is 15.4. The van der Waals surface area contributed by atoms with E-state index in [0.717, 1.165) is 22.3 Å². The molecular formula is C25H16N2O2. The largest absolute Gasteiger partial charge is 0.274 e. The highest BCUT2D eigenvalue weighted by Crippen LogP contribution is 2.61. The third kappa shape index (κ3) is 1.92. The molecule has 0 radical (unpaired) electrons. The van der Waals surface area contributed by atoms with Crippen molar-refractivity contribution in [2.45, 2.75) is 11.8 Å². The van der Waals surface area contributed by atoms with E-state index in [1.54, 1.807) is 24.3 Å². The first-order chi connectivity index (χ1) is 14.2. The molecule has 2 atom stereocenters. The number of anilines is 1. The Labute approximate surface area is 168 Å². The van der Waals surface area contributed by atoms with E-state index >= 15 is 0 Å². The van der Waals surface area contributed by atoms with E-state index in [4.69, 9.17) is 0 Å². The van der Waals surface area contributed by atoms with Gasteiger partial charge in [0.15, 0.2) is 0 Å². The van der Waals surface area contributed by atoms with Crippen molar-refractivity contribution < 1.29 is 9.59 Å². The van der Waals surface area contributed by atoms with Crippen LogP contribution in [0.4, 0.5) is 5.69 Å². The smallest absolute Gasteiger partial charge is 0.238 e. The minimum Gasteiger partial charge on any atom is -0.274 e. The van der Waals surface area contributed by atoms with Crippen LogP contribution >= 0.6 is 0 Å². The lowest BCUT2D eigenvalue weighted by molar-refractivity contribution is -0.122. The van der Waals surface area contributed by atoms with Gasteiger partial charge in [-0.2, -0.15) is 5.26 Å². The minimum atomic E-state index is -0.427. The summed E-state index contributed by atoms with van der Waals surface area (Å²) in [7, 11) is 0. The summed E-state index contributed by atoms with van der Waals surface area (Å²) in [5.74, 6) is -1.50. The van der Waals surface area contributed by atoms with Gasteiger partial charge in [0, 0.05) is 11.8 Å². The number of hydrogen-bond donors (Lipinski definition) is 0. The molecule has 7 rings (SSSR count). The number of nitrogens with zero attached hydrogens (tertiary/aromatic N) is 2. The number of nitriles is 1. The number of rotatable bonds is 1. The third-order valence-electron chi connectivity index (χ3n) is 6.71. The van der Waals surface area contributed by atoms with Gasteiger partial charge in [-0.1, -0.05) is 60.7 Å². The monoisotopic (exact) mass is 376 g/mol. The average Bonchev–Trinajstić information content (AvgIpc) is 3.04. The van der Waals surface area contributed by atoms with Gasteiger partial charge in [0.2, 0.25) is 11.8 Å². The van der Waals surface area contributed by atoms with E-state index in [2.05, 4.69) is 30.3 Å². The fourth-order valence-corrected chi connectivity index (χ4v) is 5.68. The Balaban J connectivity index is 1.59. The molecular weight excluding hydrogens is 360 g/mol. The molecule has 2 amide bonds. The molecule has 4 nitrogen and oxygen atoms in total. The molecule has 0 spiro atoms. The van der Waals surface area contributed by atoms with Crippen LogP contribution in [0.15, 0.2) is 72.8 Å². The van der Waals surface area contributed by atoms with E-state index < -0.39 is 11.8 Å². The second-order valence-electron chi connectivity index (χ2n) is 7.91. The second-order valence-corrected chi connectivity index (χ2v) is 7.91. The molecule has 1 fully saturated rings. The van der Waals surface area contributed by atoms with E-state index in [1.807, 2.05) is 24.3 Å². The molecule has 0 unspecified atom stereocenters. The lowest BCUT2D eigenvalue weighted by atomic mass is 9.55. The molecule has 4 heteroatoms. The van der Waals surface area contributed by atoms with Gasteiger partial charge >= 0.3 is 0 Å². The van der Waals surface area contributed by atoms with Crippen LogP contribution < -0.4 is 4.90 Å². The van der Waals surface area contributed by atoms with Gasteiger partial charge in [-0.15, -0.1) is 0 Å². The highest BCUT2D eigenvalue weighted by atomic mass is 16.2. The standard InChI is InChI=1S/C25H16N2O2/c26-13-14-7-1-6-12-19(14)27-24(28)22-20-15-8-2-3-9-16(15)21(23(22)25(27)29)18-11-5-4-10-17(18)20/h1-12,20-23H/t20?,21?,22-,23+. The number of hydrogen-bond acceptors (Lipinski definition) is 3. The highest BCUT2D eigenvalue weighted by molar-refractivity contribution is 6.24. The Bertz CT molecular complexity index is 1140. The van der Waals surface area contributed by atoms with Crippen LogP contribution in [-0.4, -0.2) is 11.8 Å². The predicted octanol–water partition coefficient (Wildman–Crippen LogP) is 3.95. The van der Waals surface area contributed by atoms with Crippen molar-refractivity contribution in [3.05, 3.63) is 101 Å². The maximum Gasteiger partial charge on any atom is 0.238 e. The summed E-state index contributed by atoms with van der Waals surface area (Å²) in [6, 6.07) is 25.3. The maximum atomic E-state index is 13.6. The van der Waals surface area contributed by atoms with Crippen molar-refractivity contribution in [2.24, 2.45) is 11.8 Å². The van der Waals surface area contributed by atoms with Crippen molar-refractivity contribution in [2.75, 3.05) is 4.90 Å². The van der Waals surface area contributed by atoms with Gasteiger partial charge in [-0.3, -0.25) is 9.59 Å². The molecule has 3 aromatic carbocycles. The molecule has 0 N–H and O–H groups in total. The number of carbonyl (C=O) groups is 2. The van der Waals surface area contributed by atoms with Crippen LogP contribution in [0.3, 0.4) is 0 Å². The molecule has 138 valence electrons. The Morgan fingerprint density at radius 3 is 1.52 bits per heavy atom. The Hall–Kier alpha value is -3.71. The molecule has 0 aromatic heterocycles. The lowest BCUT2D eigenvalue weighted by Gasteiger charge is -2.45. The Morgan fingerprint density at radius 2 is 1.07 bits per heavy atom. The molecule has 2 bridgehead atoms. The molecule has 1 aliphatic heterocycles. The fraction of sp³-hybridized carbons (Fsp3) is 0.160. The fourth-order valence-electron chi connectivity index (χ4n) is 5.68. The summed E-state index contributed by atoms with van der Waals surface area (Å²) < 4.78 is 0. The van der Waals surface area contributed by atoms with Gasteiger partial charge in [0.05, 0.1) is 23.1 Å². The van der Waals surface area contributed by atoms with Crippen LogP contribution in [0.1, 0.15) is 39.7 Å². The van der Waals surface area contributed by atoms with Crippen molar-refractivity contribution in [1.82, 2.24) is 0 Å². The van der Waals surface area contributed by atoms with Crippen LogP contribution in [0, 0.1) is 23.2 Å². The summed E-state index contributed by atoms with van der Waals surface area (Å²) in [5.41, 5.74) is 5.33. The Kier molecular flexibility index (Phi) is 3.17. The summed E-state index contributed by atoms with van der Waals surface area (Å²) in [6.45, 7) is 0. The SMILES string of the molecule is N#Cc1ccccc1N1C(=O)[C@@H]2C3c4ccccc4C(c4ccccc43)[C@@H]2C1=O. The normalized spacial score (nSPS) is 26.0.